The van der Waals surface area contributed by atoms with Gasteiger partial charge in [0, 0.05) is 0 Å². The van der Waals surface area contributed by atoms with E-state index in [0.29, 0.717) is 36.0 Å². The minimum absolute atomic E-state index is 0.125. The Hall–Kier alpha value is -2.94. The van der Waals surface area contributed by atoms with Crippen molar-refractivity contribution in [2.24, 2.45) is 0 Å². The molecule has 9 nitrogen and oxygen atoms in total. The lowest BCUT2D eigenvalue weighted by Gasteiger charge is -2.09. The van der Waals surface area contributed by atoms with Gasteiger partial charge in [0.15, 0.2) is 17.0 Å². The van der Waals surface area contributed by atoms with Crippen molar-refractivity contribution in [2.45, 2.75) is 32.9 Å². The minimum atomic E-state index is -0.125. The molecule has 26 heavy (non-hydrogen) atoms. The van der Waals surface area contributed by atoms with Gasteiger partial charge in [-0.1, -0.05) is 19.4 Å². The number of anilines is 1. The average molecular weight is 358 g/mol. The van der Waals surface area contributed by atoms with Crippen LogP contribution in [-0.4, -0.2) is 43.3 Å². The molecule has 0 fully saturated rings. The third kappa shape index (κ3) is 3.67. The van der Waals surface area contributed by atoms with E-state index in [1.54, 1.807) is 10.6 Å². The maximum absolute atomic E-state index is 9.28. The van der Waals surface area contributed by atoms with Crippen LogP contribution in [0.2, 0.25) is 0 Å². The number of aromatic nitrogens is 5. The van der Waals surface area contributed by atoms with E-state index >= 15 is 0 Å². The number of aliphatic hydroxyl groups is 1. The number of fused-ring (bicyclic) bond motifs is 1. The summed E-state index contributed by atoms with van der Waals surface area (Å²) in [6, 6.07) is 6.01. The molecule has 3 aromatic rings. The molecular weight excluding hydrogens is 336 g/mol. The van der Waals surface area contributed by atoms with Gasteiger partial charge in [-0.2, -0.15) is 15.0 Å². The molecule has 0 amide bonds. The topological polar surface area (TPSA) is 121 Å². The first kappa shape index (κ1) is 17.9. The van der Waals surface area contributed by atoms with Crippen LogP contribution in [0.5, 0.6) is 12.0 Å². The van der Waals surface area contributed by atoms with E-state index in [9.17, 15) is 5.11 Å². The second-order valence-electron chi connectivity index (χ2n) is 5.73. The molecule has 0 aromatic carbocycles. The first-order valence-corrected chi connectivity index (χ1v) is 8.42. The molecule has 0 radical (unpaired) electrons. The fraction of sp³-hybridized carbons (Fsp3) is 0.412. The molecule has 9 heteroatoms. The van der Waals surface area contributed by atoms with E-state index in [2.05, 4.69) is 26.9 Å². The van der Waals surface area contributed by atoms with E-state index in [-0.39, 0.29) is 18.4 Å². The fourth-order valence-corrected chi connectivity index (χ4v) is 2.52. The van der Waals surface area contributed by atoms with Crippen molar-refractivity contribution in [3.8, 4) is 12.0 Å². The first-order chi connectivity index (χ1) is 12.7. The van der Waals surface area contributed by atoms with E-state index in [1.807, 2.05) is 12.1 Å². The molecule has 3 rings (SSSR count). The first-order valence-electron chi connectivity index (χ1n) is 8.42. The molecule has 0 aliphatic rings. The maximum atomic E-state index is 9.28. The molecule has 0 aliphatic heterocycles. The molecule has 0 saturated carbocycles. The zero-order valence-electron chi connectivity index (χ0n) is 14.8. The molecule has 0 atom stereocenters. The number of rotatable bonds is 8. The Morgan fingerprint density at radius 1 is 1.15 bits per heavy atom. The van der Waals surface area contributed by atoms with Crippen molar-refractivity contribution < 1.29 is 14.6 Å². The predicted molar refractivity (Wildman–Crippen MR) is 96.0 cm³/mol. The zero-order chi connectivity index (χ0) is 18.5. The van der Waals surface area contributed by atoms with Gasteiger partial charge in [0.2, 0.25) is 0 Å². The Bertz CT molecular complexity index is 896. The highest BCUT2D eigenvalue weighted by molar-refractivity contribution is 5.83. The molecule has 0 spiro atoms. The quantitative estimate of drug-likeness (QED) is 0.582. The Labute approximate surface area is 150 Å². The van der Waals surface area contributed by atoms with E-state index in [0.717, 1.165) is 18.5 Å². The number of aliphatic hydroxyl groups excluding tert-OH is 1. The second-order valence-corrected chi connectivity index (χ2v) is 5.73. The minimum Gasteiger partial charge on any atom is -0.468 e. The van der Waals surface area contributed by atoms with E-state index in [4.69, 9.17) is 15.2 Å². The van der Waals surface area contributed by atoms with Crippen LogP contribution in [0.3, 0.4) is 0 Å². The van der Waals surface area contributed by atoms with Crippen molar-refractivity contribution in [1.29, 1.82) is 0 Å². The van der Waals surface area contributed by atoms with Gasteiger partial charge in [-0.25, -0.2) is 0 Å². The number of imidazole rings is 1. The summed E-state index contributed by atoms with van der Waals surface area (Å²) >= 11 is 0. The Morgan fingerprint density at radius 3 is 2.69 bits per heavy atom. The largest absolute Gasteiger partial charge is 0.468 e. The van der Waals surface area contributed by atoms with Gasteiger partial charge in [0.1, 0.15) is 0 Å². The molecule has 0 saturated heterocycles. The van der Waals surface area contributed by atoms with Crippen molar-refractivity contribution in [3.05, 3.63) is 29.6 Å². The number of ether oxygens (including phenoxy) is 2. The summed E-state index contributed by atoms with van der Waals surface area (Å²) in [4.78, 5) is 17.4. The Morgan fingerprint density at radius 2 is 1.96 bits per heavy atom. The summed E-state index contributed by atoms with van der Waals surface area (Å²) in [5.41, 5.74) is 8.31. The lowest BCUT2D eigenvalue weighted by Crippen LogP contribution is -2.08. The lowest BCUT2D eigenvalue weighted by atomic mass is 10.3. The number of nitrogens with two attached hydrogens (primary N) is 1. The Balaban J connectivity index is 2.01. The van der Waals surface area contributed by atoms with Gasteiger partial charge in [-0.15, -0.1) is 0 Å². The van der Waals surface area contributed by atoms with Crippen LogP contribution in [0.4, 0.5) is 5.82 Å². The fourth-order valence-electron chi connectivity index (χ4n) is 2.52. The number of hydrogen-bond donors (Lipinski definition) is 2. The standard InChI is InChI=1S/C17H22N6O3/c1-3-4-8-26-16-21-14(18)13-15(22-16)23(17(20-13)25-2)9-11-6-5-7-12(10-24)19-11/h5-7,24H,3-4,8-10H2,1-2H3,(H2,18,21,22). The zero-order valence-corrected chi connectivity index (χ0v) is 14.8. The van der Waals surface area contributed by atoms with Gasteiger partial charge in [0.05, 0.1) is 38.3 Å². The van der Waals surface area contributed by atoms with Crippen LogP contribution >= 0.6 is 0 Å². The van der Waals surface area contributed by atoms with E-state index < -0.39 is 0 Å². The summed E-state index contributed by atoms with van der Waals surface area (Å²) in [6.07, 6.45) is 1.91. The molecule has 3 heterocycles. The number of hydrogen-bond acceptors (Lipinski definition) is 8. The number of methoxy groups -OCH3 is 1. The second kappa shape index (κ2) is 7.96. The monoisotopic (exact) mass is 358 g/mol. The lowest BCUT2D eigenvalue weighted by molar-refractivity contribution is 0.276. The number of unbranched alkanes of at least 4 members (excludes halogenated alkanes) is 1. The summed E-state index contributed by atoms with van der Waals surface area (Å²) < 4.78 is 12.7. The normalized spacial score (nSPS) is 11.0. The summed E-state index contributed by atoms with van der Waals surface area (Å²) in [5, 5.41) is 9.28. The molecular formula is C17H22N6O3. The Kier molecular flexibility index (Phi) is 5.47. The third-order valence-corrected chi connectivity index (χ3v) is 3.82. The molecule has 3 aromatic heterocycles. The van der Waals surface area contributed by atoms with Crippen LogP contribution < -0.4 is 15.2 Å². The van der Waals surface area contributed by atoms with Crippen LogP contribution in [0, 0.1) is 0 Å². The predicted octanol–water partition coefficient (Wildman–Crippen LogP) is 1.53. The van der Waals surface area contributed by atoms with Gasteiger partial charge in [-0.3, -0.25) is 9.55 Å². The van der Waals surface area contributed by atoms with Gasteiger partial charge >= 0.3 is 6.01 Å². The molecule has 0 unspecified atom stereocenters. The molecule has 0 bridgehead atoms. The highest BCUT2D eigenvalue weighted by atomic mass is 16.5. The van der Waals surface area contributed by atoms with Crippen LogP contribution in [0.1, 0.15) is 31.2 Å². The third-order valence-electron chi connectivity index (χ3n) is 3.82. The highest BCUT2D eigenvalue weighted by Crippen LogP contribution is 2.26. The van der Waals surface area contributed by atoms with Crippen molar-refractivity contribution in [3.63, 3.8) is 0 Å². The van der Waals surface area contributed by atoms with Crippen LogP contribution in [0.25, 0.3) is 11.2 Å². The summed E-state index contributed by atoms with van der Waals surface area (Å²) in [5.74, 6) is 0.232. The van der Waals surface area contributed by atoms with Crippen molar-refractivity contribution in [1.82, 2.24) is 24.5 Å². The van der Waals surface area contributed by atoms with E-state index in [1.165, 1.54) is 7.11 Å². The van der Waals surface area contributed by atoms with Crippen LogP contribution in [-0.2, 0) is 13.2 Å². The summed E-state index contributed by atoms with van der Waals surface area (Å²) in [7, 11) is 1.53. The van der Waals surface area contributed by atoms with Gasteiger partial charge in [-0.05, 0) is 18.6 Å². The number of nitrogens with zero attached hydrogens (tertiary/aromatic N) is 5. The van der Waals surface area contributed by atoms with Crippen molar-refractivity contribution >= 4 is 17.0 Å². The summed E-state index contributed by atoms with van der Waals surface area (Å²) in [6.45, 7) is 2.83. The van der Waals surface area contributed by atoms with Crippen molar-refractivity contribution in [2.75, 3.05) is 19.5 Å². The smallest absolute Gasteiger partial charge is 0.320 e. The van der Waals surface area contributed by atoms with Crippen LogP contribution in [0.15, 0.2) is 18.2 Å². The van der Waals surface area contributed by atoms with Gasteiger partial charge in [0.25, 0.3) is 6.01 Å². The SMILES string of the molecule is CCCCOc1nc(N)c2nc(OC)n(Cc3cccc(CO)n3)c2n1. The average Bonchev–Trinajstić information content (AvgIpc) is 3.00. The number of nitrogen functional groups attached to an aromatic ring is 1. The maximum Gasteiger partial charge on any atom is 0.320 e. The molecule has 3 N–H and O–H groups in total. The molecule has 138 valence electrons. The highest BCUT2D eigenvalue weighted by Gasteiger charge is 2.18. The molecule has 0 aliphatic carbocycles. The number of pyridine rings is 1. The van der Waals surface area contributed by atoms with Gasteiger partial charge < -0.3 is 20.3 Å².